The van der Waals surface area contributed by atoms with E-state index in [0.29, 0.717) is 41.2 Å². The van der Waals surface area contributed by atoms with Crippen molar-refractivity contribution in [1.82, 2.24) is 14.9 Å². The molecule has 9 heteroatoms. The number of hydrogen-bond donors (Lipinski definition) is 2. The second-order valence-corrected chi connectivity index (χ2v) is 10.7. The summed E-state index contributed by atoms with van der Waals surface area (Å²) in [4.78, 5) is 13.8. The van der Waals surface area contributed by atoms with E-state index in [2.05, 4.69) is 32.7 Å². The molecular weight excluding hydrogens is 507 g/mol. The summed E-state index contributed by atoms with van der Waals surface area (Å²) in [5, 5.41) is 19.6. The van der Waals surface area contributed by atoms with Crippen LogP contribution in [0.2, 0.25) is 0 Å². The van der Waals surface area contributed by atoms with E-state index in [-0.39, 0.29) is 18.0 Å². The van der Waals surface area contributed by atoms with E-state index >= 15 is 0 Å². The summed E-state index contributed by atoms with van der Waals surface area (Å²) in [6.45, 7) is 5.70. The third-order valence-electron chi connectivity index (χ3n) is 7.08. The van der Waals surface area contributed by atoms with E-state index in [1.165, 1.54) is 18.5 Å². The van der Waals surface area contributed by atoms with Crippen LogP contribution in [0, 0.1) is 29.0 Å². The summed E-state index contributed by atoms with van der Waals surface area (Å²) in [7, 11) is 0. The molecule has 3 fully saturated rings. The number of halogens is 1. The van der Waals surface area contributed by atoms with Crippen molar-refractivity contribution in [2.24, 2.45) is 5.73 Å². The zero-order valence-electron chi connectivity index (χ0n) is 22.5. The van der Waals surface area contributed by atoms with Crippen molar-refractivity contribution in [2.75, 3.05) is 31.1 Å². The number of nitrogens with zero attached hydrogens (tertiary/aromatic N) is 5. The van der Waals surface area contributed by atoms with Gasteiger partial charge in [-0.15, -0.1) is 0 Å². The van der Waals surface area contributed by atoms with E-state index in [9.17, 15) is 14.8 Å². The second-order valence-electron chi connectivity index (χ2n) is 10.7. The number of piperidine rings is 1. The van der Waals surface area contributed by atoms with Gasteiger partial charge in [-0.25, -0.2) is 9.37 Å². The predicted molar refractivity (Wildman–Crippen MR) is 151 cm³/mol. The molecule has 3 N–H and O–H groups in total. The highest BCUT2D eigenvalue weighted by atomic mass is 19.1. The Kier molecular flexibility index (Phi) is 7.70. The topological polar surface area (TPSA) is 112 Å². The lowest BCUT2D eigenvalue weighted by Gasteiger charge is -2.56. The fourth-order valence-corrected chi connectivity index (χ4v) is 5.04. The number of anilines is 1. The molecule has 2 bridgehead atoms. The minimum Gasteiger partial charge on any atom is -0.489 e. The van der Waals surface area contributed by atoms with Crippen LogP contribution < -0.4 is 15.4 Å². The maximum absolute atomic E-state index is 13.8. The van der Waals surface area contributed by atoms with Crippen molar-refractivity contribution in [1.29, 1.82) is 5.26 Å². The van der Waals surface area contributed by atoms with Gasteiger partial charge in [0, 0.05) is 48.7 Å². The minimum atomic E-state index is -1.01. The largest absolute Gasteiger partial charge is 0.489 e. The molecule has 0 spiro atoms. The fraction of sp³-hybridized carbons (Fsp3) is 0.323. The van der Waals surface area contributed by atoms with E-state index in [4.69, 9.17) is 15.5 Å². The molecular formula is C31H31FN6O2. The average molecular weight is 539 g/mol. The monoisotopic (exact) mass is 538 g/mol. The maximum atomic E-state index is 13.8. The van der Waals surface area contributed by atoms with Gasteiger partial charge in [-0.3, -0.25) is 9.88 Å². The van der Waals surface area contributed by atoms with Gasteiger partial charge in [0.25, 0.3) is 0 Å². The molecule has 2 unspecified atom stereocenters. The molecule has 0 aliphatic carbocycles. The summed E-state index contributed by atoms with van der Waals surface area (Å²) in [6, 6.07) is 15.1. The van der Waals surface area contributed by atoms with Crippen molar-refractivity contribution in [3.05, 3.63) is 78.1 Å². The van der Waals surface area contributed by atoms with Crippen LogP contribution in [0.3, 0.4) is 0 Å². The molecule has 40 heavy (non-hydrogen) atoms. The number of piperazine rings is 1. The van der Waals surface area contributed by atoms with Gasteiger partial charge in [-0.1, -0.05) is 24.0 Å². The van der Waals surface area contributed by atoms with Gasteiger partial charge < -0.3 is 20.5 Å². The number of allylic oxidation sites excluding steroid dienone is 1. The first-order chi connectivity index (χ1) is 19.3. The smallest absolute Gasteiger partial charge is 0.138 e. The van der Waals surface area contributed by atoms with Crippen LogP contribution in [0.5, 0.6) is 5.75 Å². The van der Waals surface area contributed by atoms with Crippen LogP contribution in [0.15, 0.2) is 61.1 Å². The number of nitrogens with two attached hydrogens (primary N) is 1. The molecule has 3 aliphatic heterocycles. The first kappa shape index (κ1) is 27.1. The molecule has 2 aromatic heterocycles. The number of hydrogen-bond acceptors (Lipinski definition) is 8. The van der Waals surface area contributed by atoms with Gasteiger partial charge in [0.15, 0.2) is 0 Å². The van der Waals surface area contributed by atoms with Crippen molar-refractivity contribution < 1.29 is 14.2 Å². The summed E-state index contributed by atoms with van der Waals surface area (Å²) in [5.41, 5.74) is 7.21. The van der Waals surface area contributed by atoms with Crippen molar-refractivity contribution in [3.8, 4) is 34.8 Å². The Morgan fingerprint density at radius 1 is 1.20 bits per heavy atom. The Bertz CT molecular complexity index is 1500. The van der Waals surface area contributed by atoms with E-state index in [1.54, 1.807) is 44.3 Å². The van der Waals surface area contributed by atoms with Crippen LogP contribution >= 0.6 is 0 Å². The van der Waals surface area contributed by atoms with Crippen LogP contribution in [-0.4, -0.2) is 63.9 Å². The number of benzene rings is 1. The van der Waals surface area contributed by atoms with E-state index < -0.39 is 5.60 Å². The Labute approximate surface area is 233 Å². The predicted octanol–water partition coefficient (Wildman–Crippen LogP) is 3.57. The Hall–Kier alpha value is -4.44. The molecule has 3 saturated heterocycles. The number of aliphatic hydroxyl groups is 1. The first-order valence-corrected chi connectivity index (χ1v) is 13.1. The molecule has 8 nitrogen and oxygen atoms in total. The zero-order chi connectivity index (χ0) is 28.3. The third-order valence-corrected chi connectivity index (χ3v) is 7.08. The summed E-state index contributed by atoms with van der Waals surface area (Å²) in [6.07, 6.45) is 5.63. The number of rotatable bonds is 7. The van der Waals surface area contributed by atoms with Gasteiger partial charge in [-0.05, 0) is 50.6 Å². The highest BCUT2D eigenvalue weighted by molar-refractivity contribution is 5.85. The van der Waals surface area contributed by atoms with Gasteiger partial charge in [-0.2, -0.15) is 5.26 Å². The molecule has 0 amide bonds. The number of aromatic nitrogens is 2. The van der Waals surface area contributed by atoms with Crippen molar-refractivity contribution >= 4 is 11.4 Å². The SMILES string of the molecule is CC(C)(O)COc1cnc(C(C#N)=CN)c(-c2ccc(N3CC4CC(C3)N4CC#Cc3ccccc3F)nc2)c1. The molecule has 5 heterocycles. The highest BCUT2D eigenvalue weighted by Gasteiger charge is 2.44. The highest BCUT2D eigenvalue weighted by Crippen LogP contribution is 2.35. The number of pyridine rings is 2. The van der Waals surface area contributed by atoms with Crippen LogP contribution in [0.1, 0.15) is 31.5 Å². The van der Waals surface area contributed by atoms with Crippen LogP contribution in [0.4, 0.5) is 10.2 Å². The molecule has 2 atom stereocenters. The number of nitriles is 1. The van der Waals surface area contributed by atoms with Gasteiger partial charge in [0.1, 0.15) is 30.1 Å². The maximum Gasteiger partial charge on any atom is 0.138 e. The molecule has 3 aromatic rings. The molecule has 3 aliphatic rings. The third kappa shape index (κ3) is 5.91. The molecule has 6 rings (SSSR count). The standard InChI is InChI=1S/C31H31FN6O2/c1-31(2,39)20-40-26-13-27(30(36-17-26)23(14-33)15-34)22-9-10-29(35-16-22)37-18-24-12-25(19-37)38(24)11-5-7-21-6-3-4-8-28(21)32/h3-4,6,8-10,13-14,16-17,24-25,39H,11-12,18-20,33H2,1-2H3. The van der Waals surface area contributed by atoms with Crippen LogP contribution in [0.25, 0.3) is 16.7 Å². The summed E-state index contributed by atoms with van der Waals surface area (Å²) in [5.74, 6) is 7.13. The van der Waals surface area contributed by atoms with Gasteiger partial charge >= 0.3 is 0 Å². The first-order valence-electron chi connectivity index (χ1n) is 13.1. The lowest BCUT2D eigenvalue weighted by molar-refractivity contribution is 0.0125. The number of ether oxygens (including phenoxy) is 1. The quantitative estimate of drug-likeness (QED) is 0.347. The molecule has 0 saturated carbocycles. The second kappa shape index (κ2) is 11.4. The summed E-state index contributed by atoms with van der Waals surface area (Å²) >= 11 is 0. The lowest BCUT2D eigenvalue weighted by Crippen LogP contribution is -2.68. The number of fused-ring (bicyclic) bond motifs is 2. The fourth-order valence-electron chi connectivity index (χ4n) is 5.04. The minimum absolute atomic E-state index is 0.0888. The van der Waals surface area contributed by atoms with Gasteiger partial charge in [0.2, 0.25) is 0 Å². The lowest BCUT2D eigenvalue weighted by atomic mass is 9.87. The zero-order valence-corrected chi connectivity index (χ0v) is 22.5. The Morgan fingerprint density at radius 2 is 1.98 bits per heavy atom. The normalized spacial score (nSPS) is 18.8. The van der Waals surface area contributed by atoms with Crippen LogP contribution in [-0.2, 0) is 0 Å². The van der Waals surface area contributed by atoms with Crippen molar-refractivity contribution in [3.63, 3.8) is 0 Å². The average Bonchev–Trinajstić information content (AvgIpc) is 2.96. The Balaban J connectivity index is 1.29. The van der Waals surface area contributed by atoms with E-state index in [0.717, 1.165) is 30.9 Å². The van der Waals surface area contributed by atoms with Gasteiger partial charge in [0.05, 0.1) is 35.2 Å². The Morgan fingerprint density at radius 3 is 2.62 bits per heavy atom. The molecule has 204 valence electrons. The van der Waals surface area contributed by atoms with Crippen molar-refractivity contribution in [2.45, 2.75) is 38.0 Å². The molecule has 0 radical (unpaired) electrons. The summed E-state index contributed by atoms with van der Waals surface area (Å²) < 4.78 is 19.6. The molecule has 1 aromatic carbocycles. The van der Waals surface area contributed by atoms with E-state index in [1.807, 2.05) is 12.1 Å².